The van der Waals surface area contributed by atoms with E-state index < -0.39 is 0 Å². The molecule has 74 valence electrons. The van der Waals surface area contributed by atoms with Crippen molar-refractivity contribution in [3.63, 3.8) is 0 Å². The summed E-state index contributed by atoms with van der Waals surface area (Å²) in [5.41, 5.74) is 0.389. The van der Waals surface area contributed by atoms with Crippen LogP contribution in [0.25, 0.3) is 0 Å². The highest BCUT2D eigenvalue weighted by atomic mass is 15.2. The number of rotatable bonds is 0. The van der Waals surface area contributed by atoms with E-state index in [2.05, 4.69) is 32.6 Å². The first-order chi connectivity index (χ1) is 5.00. The smallest absolute Gasteiger partial charge is 0.0125 e. The van der Waals surface area contributed by atoms with E-state index >= 15 is 0 Å². The molecule has 0 aliphatic carbocycles. The lowest BCUT2D eigenvalue weighted by Gasteiger charge is -2.40. The van der Waals surface area contributed by atoms with Gasteiger partial charge in [0.1, 0.15) is 0 Å². The monoisotopic (exact) mass is 172 g/mol. The molecule has 12 heavy (non-hydrogen) atoms. The Labute approximate surface area is 76.9 Å². The van der Waals surface area contributed by atoms with Crippen molar-refractivity contribution in [2.45, 2.75) is 46.1 Å². The van der Waals surface area contributed by atoms with Gasteiger partial charge in [-0.2, -0.15) is 0 Å². The Morgan fingerprint density at radius 3 is 1.83 bits per heavy atom. The SMILES string of the molecule is CC1CCN(C(C)(C)C)CC1.N. The molecule has 0 atom stereocenters. The van der Waals surface area contributed by atoms with Crippen LogP contribution in [0.5, 0.6) is 0 Å². The van der Waals surface area contributed by atoms with Gasteiger partial charge in [-0.25, -0.2) is 0 Å². The van der Waals surface area contributed by atoms with Gasteiger partial charge in [0.25, 0.3) is 0 Å². The molecule has 0 unspecified atom stereocenters. The number of hydrogen-bond acceptors (Lipinski definition) is 2. The fourth-order valence-electron chi connectivity index (χ4n) is 1.68. The van der Waals surface area contributed by atoms with Crippen LogP contribution in [-0.2, 0) is 0 Å². The number of likely N-dealkylation sites (tertiary alicyclic amines) is 1. The standard InChI is InChI=1S/C10H21N.H3N/c1-9-5-7-11(8-6-9)10(2,3)4;/h9H,5-8H2,1-4H3;1H3. The van der Waals surface area contributed by atoms with Crippen LogP contribution in [0.3, 0.4) is 0 Å². The minimum absolute atomic E-state index is 0. The van der Waals surface area contributed by atoms with Crippen molar-refractivity contribution in [1.29, 1.82) is 0 Å². The Morgan fingerprint density at radius 2 is 1.50 bits per heavy atom. The summed E-state index contributed by atoms with van der Waals surface area (Å²) in [6.45, 7) is 11.9. The Morgan fingerprint density at radius 1 is 1.08 bits per heavy atom. The van der Waals surface area contributed by atoms with Crippen molar-refractivity contribution in [2.75, 3.05) is 13.1 Å². The molecule has 0 radical (unpaired) electrons. The molecule has 2 nitrogen and oxygen atoms in total. The van der Waals surface area contributed by atoms with Gasteiger partial charge in [0.2, 0.25) is 0 Å². The lowest BCUT2D eigenvalue weighted by Crippen LogP contribution is -2.45. The Bertz CT molecular complexity index is 118. The van der Waals surface area contributed by atoms with Crippen molar-refractivity contribution < 1.29 is 0 Å². The zero-order valence-electron chi connectivity index (χ0n) is 9.06. The summed E-state index contributed by atoms with van der Waals surface area (Å²) in [6, 6.07) is 0. The maximum atomic E-state index is 2.59. The molecule has 1 aliphatic heterocycles. The van der Waals surface area contributed by atoms with Crippen LogP contribution in [0.1, 0.15) is 40.5 Å². The van der Waals surface area contributed by atoms with Crippen LogP contribution in [0.4, 0.5) is 0 Å². The third-order valence-electron chi connectivity index (χ3n) is 2.73. The zero-order chi connectivity index (χ0) is 8.48. The minimum atomic E-state index is 0. The van der Waals surface area contributed by atoms with Crippen LogP contribution in [-0.4, -0.2) is 23.5 Å². The van der Waals surface area contributed by atoms with E-state index in [0.29, 0.717) is 5.54 Å². The van der Waals surface area contributed by atoms with Crippen LogP contribution in [0.15, 0.2) is 0 Å². The van der Waals surface area contributed by atoms with Crippen LogP contribution < -0.4 is 6.15 Å². The van der Waals surface area contributed by atoms with Gasteiger partial charge in [0.15, 0.2) is 0 Å². The second-order valence-electron chi connectivity index (χ2n) is 4.84. The van der Waals surface area contributed by atoms with Gasteiger partial charge in [-0.15, -0.1) is 0 Å². The minimum Gasteiger partial charge on any atom is -0.344 e. The van der Waals surface area contributed by atoms with Gasteiger partial charge in [-0.1, -0.05) is 6.92 Å². The van der Waals surface area contributed by atoms with E-state index in [0.717, 1.165) is 5.92 Å². The molecule has 1 fully saturated rings. The third kappa shape index (κ3) is 3.11. The highest BCUT2D eigenvalue weighted by Gasteiger charge is 2.24. The third-order valence-corrected chi connectivity index (χ3v) is 2.73. The van der Waals surface area contributed by atoms with Gasteiger partial charge in [-0.3, -0.25) is 4.90 Å². The molecule has 0 aromatic carbocycles. The Kier molecular flexibility index (Phi) is 4.21. The summed E-state index contributed by atoms with van der Waals surface area (Å²) >= 11 is 0. The van der Waals surface area contributed by atoms with E-state index in [-0.39, 0.29) is 6.15 Å². The van der Waals surface area contributed by atoms with Gasteiger partial charge >= 0.3 is 0 Å². The van der Waals surface area contributed by atoms with Crippen LogP contribution >= 0.6 is 0 Å². The summed E-state index contributed by atoms with van der Waals surface area (Å²) in [6.07, 6.45) is 2.77. The predicted octanol–water partition coefficient (Wildman–Crippen LogP) is 2.68. The summed E-state index contributed by atoms with van der Waals surface area (Å²) in [5.74, 6) is 0.952. The lowest BCUT2D eigenvalue weighted by molar-refractivity contribution is 0.0916. The van der Waals surface area contributed by atoms with Crippen LogP contribution in [0, 0.1) is 5.92 Å². The first-order valence-electron chi connectivity index (χ1n) is 4.75. The maximum Gasteiger partial charge on any atom is 0.0125 e. The zero-order valence-corrected chi connectivity index (χ0v) is 9.06. The van der Waals surface area contributed by atoms with Gasteiger partial charge in [0.05, 0.1) is 0 Å². The fraction of sp³-hybridized carbons (Fsp3) is 1.00. The van der Waals surface area contributed by atoms with E-state index in [1.54, 1.807) is 0 Å². The lowest BCUT2D eigenvalue weighted by atomic mass is 9.95. The van der Waals surface area contributed by atoms with Gasteiger partial charge < -0.3 is 6.15 Å². The second kappa shape index (κ2) is 4.24. The first kappa shape index (κ1) is 11.9. The van der Waals surface area contributed by atoms with E-state index in [1.165, 1.54) is 25.9 Å². The van der Waals surface area contributed by atoms with Crippen LogP contribution in [0.2, 0.25) is 0 Å². The summed E-state index contributed by atoms with van der Waals surface area (Å²) in [7, 11) is 0. The molecule has 3 N–H and O–H groups in total. The highest BCUT2D eigenvalue weighted by molar-refractivity contribution is 4.80. The number of piperidine rings is 1. The largest absolute Gasteiger partial charge is 0.344 e. The molecule has 0 spiro atoms. The quantitative estimate of drug-likeness (QED) is 0.610. The summed E-state index contributed by atoms with van der Waals surface area (Å²) in [5, 5.41) is 0. The average Bonchev–Trinajstić information content (AvgIpc) is 1.86. The van der Waals surface area contributed by atoms with Crippen molar-refractivity contribution in [1.82, 2.24) is 11.1 Å². The van der Waals surface area contributed by atoms with E-state index in [9.17, 15) is 0 Å². The molecular formula is C10H24N2. The Hall–Kier alpha value is -0.0800. The summed E-state index contributed by atoms with van der Waals surface area (Å²) in [4.78, 5) is 2.59. The van der Waals surface area contributed by atoms with Crippen molar-refractivity contribution in [3.8, 4) is 0 Å². The highest BCUT2D eigenvalue weighted by Crippen LogP contribution is 2.22. The molecule has 1 rings (SSSR count). The number of hydrogen-bond donors (Lipinski definition) is 1. The molecular weight excluding hydrogens is 148 g/mol. The normalized spacial score (nSPS) is 22.0. The fourth-order valence-corrected chi connectivity index (χ4v) is 1.68. The van der Waals surface area contributed by atoms with E-state index in [4.69, 9.17) is 0 Å². The van der Waals surface area contributed by atoms with Crippen molar-refractivity contribution in [2.24, 2.45) is 5.92 Å². The van der Waals surface area contributed by atoms with Gasteiger partial charge in [0, 0.05) is 5.54 Å². The maximum absolute atomic E-state index is 2.59. The average molecular weight is 172 g/mol. The molecule has 1 heterocycles. The second-order valence-corrected chi connectivity index (χ2v) is 4.84. The topological polar surface area (TPSA) is 38.2 Å². The number of nitrogens with zero attached hydrogens (tertiary/aromatic N) is 1. The Balaban J connectivity index is 0.00000121. The first-order valence-corrected chi connectivity index (χ1v) is 4.75. The summed E-state index contributed by atoms with van der Waals surface area (Å²) < 4.78 is 0. The molecule has 0 saturated carbocycles. The van der Waals surface area contributed by atoms with Gasteiger partial charge in [-0.05, 0) is 52.6 Å². The molecule has 0 bridgehead atoms. The van der Waals surface area contributed by atoms with E-state index in [1.807, 2.05) is 0 Å². The van der Waals surface area contributed by atoms with Crippen molar-refractivity contribution >= 4 is 0 Å². The molecule has 2 heteroatoms. The molecule has 1 saturated heterocycles. The molecule has 1 aliphatic rings. The molecule has 0 aromatic rings. The molecule has 0 aromatic heterocycles. The predicted molar refractivity (Wildman–Crippen MR) is 54.7 cm³/mol. The van der Waals surface area contributed by atoms with Crippen molar-refractivity contribution in [3.05, 3.63) is 0 Å². The molecule has 0 amide bonds.